The number of hydrogen-bond acceptors (Lipinski definition) is 10. The lowest BCUT2D eigenvalue weighted by atomic mass is 9.88. The number of methoxy groups -OCH3 is 1. The molecule has 1 aliphatic carbocycles. The SMILES string of the molecule is [B]C(O)(O)c1ccn(-c2cc(C3=CC(C(F)F)NC=C3OC)c(C(=O)NC3=NNC(C4CC4)S3)cn2)c(=O)c1. The quantitative estimate of drug-likeness (QED) is 0.245. The van der Waals surface area contributed by atoms with Crippen molar-refractivity contribution in [2.24, 2.45) is 11.0 Å². The van der Waals surface area contributed by atoms with E-state index < -0.39 is 29.6 Å². The van der Waals surface area contributed by atoms with Crippen LogP contribution in [-0.2, 0) is 10.4 Å². The summed E-state index contributed by atoms with van der Waals surface area (Å²) in [4.78, 5) is 30.4. The number of nitrogens with zero attached hydrogens (tertiary/aromatic N) is 3. The van der Waals surface area contributed by atoms with Crippen molar-refractivity contribution in [1.29, 1.82) is 0 Å². The summed E-state index contributed by atoms with van der Waals surface area (Å²) in [5.41, 5.74) is -0.313. The molecular weight excluding hydrogens is 533 g/mol. The number of rotatable bonds is 7. The molecule has 5 rings (SSSR count). The number of hydrazone groups is 1. The molecule has 5 N–H and O–H groups in total. The normalized spacial score (nSPS) is 20.9. The number of thioether (sulfide) groups is 1. The number of amides is 1. The van der Waals surface area contributed by atoms with Crippen LogP contribution in [0.4, 0.5) is 8.78 Å². The minimum Gasteiger partial charge on any atom is -0.495 e. The maximum Gasteiger partial charge on any atom is 0.261 e. The number of carbonyl (C=O) groups is 1. The molecule has 2 atom stereocenters. The molecule has 0 aromatic carbocycles. The van der Waals surface area contributed by atoms with Gasteiger partial charge in [0.15, 0.2) is 13.0 Å². The Bertz CT molecular complexity index is 1450. The molecule has 0 spiro atoms. The number of nitrogens with one attached hydrogen (secondary N) is 3. The van der Waals surface area contributed by atoms with E-state index in [4.69, 9.17) is 12.6 Å². The summed E-state index contributed by atoms with van der Waals surface area (Å²) in [7, 11) is 6.60. The van der Waals surface area contributed by atoms with Gasteiger partial charge in [-0.15, -0.1) is 0 Å². The van der Waals surface area contributed by atoms with Crippen LogP contribution in [-0.4, -0.2) is 63.6 Å². The molecule has 11 nitrogen and oxygen atoms in total. The Labute approximate surface area is 226 Å². The van der Waals surface area contributed by atoms with E-state index >= 15 is 0 Å². The number of halogens is 2. The molecule has 0 saturated heterocycles. The molecule has 2 unspecified atom stereocenters. The fourth-order valence-electron chi connectivity index (χ4n) is 4.09. The third kappa shape index (κ3) is 5.70. The van der Waals surface area contributed by atoms with Crippen LogP contribution < -0.4 is 21.6 Å². The Morgan fingerprint density at radius 2 is 2.13 bits per heavy atom. The largest absolute Gasteiger partial charge is 0.495 e. The Balaban J connectivity index is 1.55. The van der Waals surface area contributed by atoms with Crippen LogP contribution in [0.1, 0.15) is 34.3 Å². The first-order chi connectivity index (χ1) is 18.5. The van der Waals surface area contributed by atoms with E-state index in [-0.39, 0.29) is 39.2 Å². The van der Waals surface area contributed by atoms with Crippen molar-refractivity contribution >= 4 is 36.3 Å². The minimum absolute atomic E-state index is 0.0254. The zero-order valence-electron chi connectivity index (χ0n) is 20.5. The minimum atomic E-state index is -2.76. The van der Waals surface area contributed by atoms with Crippen LogP contribution in [0.3, 0.4) is 0 Å². The van der Waals surface area contributed by atoms with Crippen molar-refractivity contribution in [2.45, 2.75) is 36.4 Å². The second-order valence-electron chi connectivity index (χ2n) is 9.13. The highest BCUT2D eigenvalue weighted by Gasteiger charge is 2.36. The molecule has 4 heterocycles. The zero-order valence-corrected chi connectivity index (χ0v) is 21.3. The summed E-state index contributed by atoms with van der Waals surface area (Å²) in [6, 6.07) is 2.14. The van der Waals surface area contributed by atoms with Crippen molar-refractivity contribution < 1.29 is 28.5 Å². The Morgan fingerprint density at radius 3 is 2.77 bits per heavy atom. The van der Waals surface area contributed by atoms with E-state index in [1.165, 1.54) is 55.7 Å². The Hall–Kier alpha value is -3.69. The van der Waals surface area contributed by atoms with Gasteiger partial charge in [-0.05, 0) is 37.0 Å². The lowest BCUT2D eigenvalue weighted by molar-refractivity contribution is -0.0911. The predicted octanol–water partition coefficient (Wildman–Crippen LogP) is 0.677. The summed E-state index contributed by atoms with van der Waals surface area (Å²) in [5.74, 6) is 0.102. The van der Waals surface area contributed by atoms with E-state index in [2.05, 4.69) is 26.1 Å². The number of aliphatic hydroxyl groups is 2. The maximum atomic E-state index is 13.6. The molecular formula is C24H23BF2N6O5S. The van der Waals surface area contributed by atoms with Gasteiger partial charge in [-0.25, -0.2) is 13.8 Å². The van der Waals surface area contributed by atoms with E-state index in [9.17, 15) is 28.6 Å². The average Bonchev–Trinajstić information content (AvgIpc) is 3.65. The highest BCUT2D eigenvalue weighted by atomic mass is 32.2. The van der Waals surface area contributed by atoms with Gasteiger partial charge in [0.2, 0.25) is 0 Å². The summed E-state index contributed by atoms with van der Waals surface area (Å²) in [5, 5.41) is 29.1. The van der Waals surface area contributed by atoms with Gasteiger partial charge < -0.3 is 20.3 Å². The number of allylic oxidation sites excluding steroid dienone is 1. The molecule has 1 amide bonds. The lowest BCUT2D eigenvalue weighted by Crippen LogP contribution is -2.34. The van der Waals surface area contributed by atoms with Gasteiger partial charge in [-0.1, -0.05) is 11.8 Å². The monoisotopic (exact) mass is 556 g/mol. The third-order valence-electron chi connectivity index (χ3n) is 6.33. The van der Waals surface area contributed by atoms with Crippen molar-refractivity contribution in [1.82, 2.24) is 25.6 Å². The summed E-state index contributed by atoms with van der Waals surface area (Å²) in [6.07, 6.45) is 4.35. The van der Waals surface area contributed by atoms with Crippen molar-refractivity contribution in [3.05, 3.63) is 75.7 Å². The van der Waals surface area contributed by atoms with Crippen molar-refractivity contribution in [3.8, 4) is 5.82 Å². The van der Waals surface area contributed by atoms with E-state index in [0.29, 0.717) is 11.1 Å². The highest BCUT2D eigenvalue weighted by molar-refractivity contribution is 8.14. The van der Waals surface area contributed by atoms with E-state index in [1.807, 2.05) is 0 Å². The fourth-order valence-corrected chi connectivity index (χ4v) is 5.16. The van der Waals surface area contributed by atoms with E-state index in [0.717, 1.165) is 23.5 Å². The lowest BCUT2D eigenvalue weighted by Gasteiger charge is -2.24. The summed E-state index contributed by atoms with van der Waals surface area (Å²) >= 11 is 1.39. The average molecular weight is 556 g/mol. The number of carbonyl (C=O) groups excluding carboxylic acids is 1. The van der Waals surface area contributed by atoms with Gasteiger partial charge in [0.05, 0.1) is 18.0 Å². The van der Waals surface area contributed by atoms with Crippen molar-refractivity contribution in [2.75, 3.05) is 7.11 Å². The van der Waals surface area contributed by atoms with Gasteiger partial charge in [0, 0.05) is 41.4 Å². The molecule has 2 aliphatic heterocycles. The number of alkyl halides is 2. The number of aromatic nitrogens is 2. The first-order valence-corrected chi connectivity index (χ1v) is 12.7. The molecule has 2 radical (unpaired) electrons. The molecule has 2 aromatic heterocycles. The number of ether oxygens (including phenoxy) is 1. The molecule has 0 bridgehead atoms. The highest BCUT2D eigenvalue weighted by Crippen LogP contribution is 2.39. The second-order valence-corrected chi connectivity index (χ2v) is 10.3. The van der Waals surface area contributed by atoms with Crippen LogP contribution in [0.25, 0.3) is 11.4 Å². The molecule has 2 aromatic rings. The third-order valence-corrected chi connectivity index (χ3v) is 7.49. The molecule has 39 heavy (non-hydrogen) atoms. The Morgan fingerprint density at radius 1 is 1.36 bits per heavy atom. The van der Waals surface area contributed by atoms with Gasteiger partial charge in [0.25, 0.3) is 17.9 Å². The molecule has 202 valence electrons. The first kappa shape index (κ1) is 26.9. The first-order valence-electron chi connectivity index (χ1n) is 11.8. The standard InChI is InChI=1S/C24H23BF2N6O5S/c1-38-17-10-28-16(20(26)27)7-14(17)13-8-18(33-5-4-12(6-19(33)34)24(25,36)37)29-9-15(13)21(35)30-23-32-31-22(39-23)11-2-3-11/h4-11,16,20,22,28,31,36-37H,2-3H2,1H3,(H,30,32,35). The zero-order chi connectivity index (χ0) is 27.9. The molecule has 1 saturated carbocycles. The van der Waals surface area contributed by atoms with Crippen LogP contribution >= 0.6 is 11.8 Å². The van der Waals surface area contributed by atoms with Gasteiger partial charge in [-0.2, -0.15) is 5.10 Å². The van der Waals surface area contributed by atoms with Crippen LogP contribution in [0.15, 0.2) is 58.5 Å². The number of pyridine rings is 2. The number of dihydropyridines is 1. The van der Waals surface area contributed by atoms with Crippen LogP contribution in [0.5, 0.6) is 0 Å². The number of hydrogen-bond donors (Lipinski definition) is 5. The van der Waals surface area contributed by atoms with Gasteiger partial charge >= 0.3 is 0 Å². The van der Waals surface area contributed by atoms with Crippen molar-refractivity contribution in [3.63, 3.8) is 0 Å². The maximum absolute atomic E-state index is 13.6. The second kappa shape index (κ2) is 10.5. The molecule has 3 aliphatic rings. The van der Waals surface area contributed by atoms with Crippen LogP contribution in [0.2, 0.25) is 0 Å². The predicted molar refractivity (Wildman–Crippen MR) is 140 cm³/mol. The Kier molecular flexibility index (Phi) is 7.22. The van der Waals surface area contributed by atoms with Gasteiger partial charge in [0.1, 0.15) is 23.3 Å². The van der Waals surface area contributed by atoms with Gasteiger partial charge in [-0.3, -0.25) is 24.9 Å². The molecule has 1 fully saturated rings. The topological polar surface area (TPSA) is 150 Å². The summed E-state index contributed by atoms with van der Waals surface area (Å²) < 4.78 is 33.7. The number of amidine groups is 1. The summed E-state index contributed by atoms with van der Waals surface area (Å²) in [6.45, 7) is 0. The fraction of sp³-hybridized carbons (Fsp3) is 0.333. The molecule has 15 heteroatoms. The van der Waals surface area contributed by atoms with Crippen LogP contribution in [0, 0.1) is 5.92 Å². The van der Waals surface area contributed by atoms with E-state index in [1.54, 1.807) is 0 Å². The smallest absolute Gasteiger partial charge is 0.261 e.